The Kier molecular flexibility index (Phi) is 40.5. The number of hydrogen-bond acceptors (Lipinski definition) is 29. The average molecular weight is 1830 g/mol. The summed E-state index contributed by atoms with van der Waals surface area (Å²) < 4.78 is 40.0. The first-order chi connectivity index (χ1) is 61.5. The molecule has 3 aromatic carbocycles. The molecule has 43 nitrogen and oxygen atoms in total. The fourth-order valence-corrected chi connectivity index (χ4v) is 17.0. The largest absolute Gasteiger partial charge is 0.493 e. The number of fused-ring (bicyclic) bond motifs is 4. The van der Waals surface area contributed by atoms with E-state index in [0.717, 1.165) is 27.6 Å². The predicted molar refractivity (Wildman–Crippen MR) is 473 cm³/mol. The van der Waals surface area contributed by atoms with Gasteiger partial charge >= 0.3 is 11.9 Å². The highest BCUT2D eigenvalue weighted by atomic mass is 32.2. The number of likely N-dealkylation sites (tertiary alicyclic amines) is 1. The summed E-state index contributed by atoms with van der Waals surface area (Å²) in [6, 6.07) is 3.61. The highest BCUT2D eigenvalue weighted by molar-refractivity contribution is 8.00. The molecular weight excluding hydrogens is 1710 g/mol. The number of aromatic nitrogens is 1. The zero-order valence-corrected chi connectivity index (χ0v) is 73.9. The number of cyclic esters (lactones) is 1. The lowest BCUT2D eigenvalue weighted by atomic mass is 9.66. The molecular formula is C83H122N22O21S2. The van der Waals surface area contributed by atoms with Crippen LogP contribution in [0.1, 0.15) is 143 Å². The molecule has 4 aliphatic rings. The van der Waals surface area contributed by atoms with Crippen molar-refractivity contribution in [3.05, 3.63) is 77.0 Å². The zero-order valence-electron chi connectivity index (χ0n) is 72.3. The van der Waals surface area contributed by atoms with Crippen LogP contribution in [-0.2, 0) is 83.0 Å². The Morgan fingerprint density at radius 3 is 1.63 bits per heavy atom. The Morgan fingerprint density at radius 2 is 1.09 bits per heavy atom. The molecule has 0 saturated carbocycles. The van der Waals surface area contributed by atoms with Gasteiger partial charge in [0.15, 0.2) is 34.9 Å². The van der Waals surface area contributed by atoms with E-state index in [2.05, 4.69) is 63.5 Å². The van der Waals surface area contributed by atoms with E-state index in [1.54, 1.807) is 42.8 Å². The number of nitrogens with zero attached hydrogens (tertiary/aromatic N) is 1. The molecule has 28 N–H and O–H groups in total. The molecule has 8 rings (SSSR count). The van der Waals surface area contributed by atoms with Gasteiger partial charge in [0, 0.05) is 92.1 Å². The number of carbonyl (C=O) groups is 14. The maximum Gasteiger partial charge on any atom is 0.326 e. The molecule has 0 bridgehead atoms. The van der Waals surface area contributed by atoms with E-state index in [9.17, 15) is 67.1 Å². The lowest BCUT2D eigenvalue weighted by molar-refractivity contribution is -0.154. The van der Waals surface area contributed by atoms with Crippen LogP contribution < -0.4 is 122 Å². The number of unbranched alkanes of at least 4 members (excludes halogenated alkanes) is 3. The summed E-state index contributed by atoms with van der Waals surface area (Å²) in [6.07, 6.45) is 4.10. The Balaban J connectivity index is 0.858. The van der Waals surface area contributed by atoms with E-state index in [-0.39, 0.29) is 135 Å². The maximum absolute atomic E-state index is 14.9. The number of ether oxygens (including phenoxy) is 7. The van der Waals surface area contributed by atoms with Gasteiger partial charge in [0.25, 0.3) is 0 Å². The predicted octanol–water partition coefficient (Wildman–Crippen LogP) is -2.57. The molecule has 2 saturated heterocycles. The minimum absolute atomic E-state index is 0.00189. The summed E-state index contributed by atoms with van der Waals surface area (Å²) in [5, 5.41) is 44.6. The fraction of sp³-hybridized carbons (Fsp3) is 0.566. The van der Waals surface area contributed by atoms with Gasteiger partial charge in [0.2, 0.25) is 83.4 Å². The van der Waals surface area contributed by atoms with Crippen LogP contribution in [0, 0.1) is 22.7 Å². The van der Waals surface area contributed by atoms with Gasteiger partial charge < -0.3 is 137 Å². The van der Waals surface area contributed by atoms with Gasteiger partial charge in [-0.1, -0.05) is 18.2 Å². The standard InChI is InChI=1S/C83H122N22O21S2/c1-120-61-34-44(35-62(121-2)71(61)122-3)68-47-36-59-60(125-43-124-59)37-48(47)70(49-41-123-81(119)69(49)68)126-67(109)40-97-64(106)23-31-105-66(108)38-63(80(105)118)128-42-50(87)73(111)93-30-22-65(107)98-53(20-13-28-94-82(89)90)74(112)101-56(21-14-29-95-83(91)92)76(114)103-57(24-32-127-4)78(116)100-55(19-9-12-27-86)77(115)104-58(33-45-39-96-51-16-6-5-15-46(45)51)79(117)102-54(18-8-11-26-85)75(113)99-52(72(88)110)17-7-10-25-84/h5-6,15-16,34-37,39,49-50,52-58,63,68-70,96H,7-14,17-33,38,40-43,84-87H2,1-4H3,(H2,88,110)(H,93,111)(H,97,106)(H,98,107)(H,99,113)(H,100,116)(H,101,112)(H,102,117)(H,103,114)(H,104,115)(H4,89,90,94)(H4,91,92,95)/t49-,50-,52-,53-,54-,55-,56-,57-,58-,63?,68+,69-,70-/m0/s1. The average Bonchev–Trinajstić information content (AvgIpc) is 1.46. The number of esters is 2. The van der Waals surface area contributed by atoms with E-state index >= 15 is 0 Å². The number of guanidine groups is 2. The van der Waals surface area contributed by atoms with Crippen LogP contribution in [0.25, 0.3) is 10.9 Å². The number of imide groups is 1. The number of amides is 12. The molecule has 1 aromatic heterocycles. The third kappa shape index (κ3) is 29.3. The number of carbonyl (C=O) groups excluding carboxylic acids is 14. The van der Waals surface area contributed by atoms with Crippen molar-refractivity contribution < 1.29 is 100 Å². The number of rotatable bonds is 56. The van der Waals surface area contributed by atoms with E-state index < -0.39 is 180 Å². The van der Waals surface area contributed by atoms with Gasteiger partial charge in [-0.15, -0.1) is 11.8 Å². The fourth-order valence-electron chi connectivity index (χ4n) is 15.4. The number of aromatic amines is 1. The van der Waals surface area contributed by atoms with Crippen LogP contribution in [0.15, 0.2) is 54.7 Å². The summed E-state index contributed by atoms with van der Waals surface area (Å²) in [4.78, 5) is 199. The summed E-state index contributed by atoms with van der Waals surface area (Å²) in [5.74, 6) is -11.6. The SMILES string of the molecule is COc1cc([C@@H]2c3cc4c(cc3[C@H](OC(=O)CNC(=O)CCN3C(=O)CC(SC[C@H](N)C(=O)NCCC(=O)N[C@@H](CCCNC(=N)N)C(=O)N[C@@H](CCCNC(=N)N)C(=O)N[C@@H](CCSC)C(=O)N[C@@H](CCCCN)C(=O)N[C@@H](Cc5c[nH]c6ccccc56)C(=O)N[C@@H](CCCCN)C(=O)N[C@@H](CCCCN)C(N)=O)C3=O)[C@H]3COC(=O)[C@H]23)OCO4)cc(OC)c1OC. The van der Waals surface area contributed by atoms with E-state index in [1.807, 2.05) is 18.2 Å². The van der Waals surface area contributed by atoms with Crippen LogP contribution >= 0.6 is 23.5 Å². The Labute approximate surface area is 748 Å². The zero-order chi connectivity index (χ0) is 93.1. The second kappa shape index (κ2) is 51.2. The van der Waals surface area contributed by atoms with Crippen LogP contribution in [-0.4, -0.2) is 263 Å². The number of para-hydroxylation sites is 1. The quantitative estimate of drug-likeness (QED) is 0.00710. The first-order valence-electron chi connectivity index (χ1n) is 42.5. The second-order valence-corrected chi connectivity index (χ2v) is 33.4. The third-order valence-corrected chi connectivity index (χ3v) is 24.0. The minimum atomic E-state index is -1.44. The van der Waals surface area contributed by atoms with Crippen molar-refractivity contribution in [1.29, 1.82) is 10.8 Å². The number of hydrogen-bond donors (Lipinski definition) is 21. The number of thioether (sulfide) groups is 2. The molecule has 0 spiro atoms. The lowest BCUT2D eigenvalue weighted by Gasteiger charge is -2.38. The van der Waals surface area contributed by atoms with Crippen molar-refractivity contribution in [3.8, 4) is 28.7 Å². The Bertz CT molecular complexity index is 4560. The molecule has 1 unspecified atom stereocenters. The van der Waals surface area contributed by atoms with Crippen LogP contribution in [0.4, 0.5) is 0 Å². The van der Waals surface area contributed by atoms with Crippen molar-refractivity contribution >= 4 is 129 Å². The van der Waals surface area contributed by atoms with E-state index in [1.165, 1.54) is 33.1 Å². The Hall–Kier alpha value is -11.9. The number of benzene rings is 3. The molecule has 702 valence electrons. The first kappa shape index (κ1) is 101. The van der Waals surface area contributed by atoms with Gasteiger partial charge in [0.1, 0.15) is 54.9 Å². The van der Waals surface area contributed by atoms with E-state index in [4.69, 9.17) is 84.1 Å². The van der Waals surface area contributed by atoms with Crippen LogP contribution in [0.5, 0.6) is 28.7 Å². The van der Waals surface area contributed by atoms with E-state index in [0.29, 0.717) is 102 Å². The molecule has 1 aliphatic carbocycles. The number of H-pyrrole nitrogens is 1. The van der Waals surface area contributed by atoms with Crippen molar-refractivity contribution in [3.63, 3.8) is 0 Å². The summed E-state index contributed by atoms with van der Waals surface area (Å²) in [6.45, 7) is -0.535. The molecule has 4 heterocycles. The lowest BCUT2D eigenvalue weighted by Crippen LogP contribution is -2.60. The van der Waals surface area contributed by atoms with Crippen LogP contribution in [0.3, 0.4) is 0 Å². The number of nitrogens with one attached hydrogen (secondary N) is 14. The molecule has 12 amide bonds. The summed E-state index contributed by atoms with van der Waals surface area (Å²) in [7, 11) is 4.38. The number of methoxy groups -OCH3 is 3. The second-order valence-electron chi connectivity index (χ2n) is 31.1. The van der Waals surface area contributed by atoms with Crippen LogP contribution in [0.2, 0.25) is 0 Å². The van der Waals surface area contributed by atoms with Crippen molar-refractivity contribution in [2.75, 3.05) is 105 Å². The normalized spacial score (nSPS) is 17.8. The van der Waals surface area contributed by atoms with Gasteiger partial charge in [-0.2, -0.15) is 11.8 Å². The van der Waals surface area contributed by atoms with Crippen molar-refractivity contribution in [2.24, 2.45) is 52.0 Å². The van der Waals surface area contributed by atoms with Gasteiger partial charge in [-0.3, -0.25) is 82.8 Å². The highest BCUT2D eigenvalue weighted by Crippen LogP contribution is 2.57. The highest BCUT2D eigenvalue weighted by Gasteiger charge is 2.55. The summed E-state index contributed by atoms with van der Waals surface area (Å²) >= 11 is 2.26. The molecule has 13 atom stereocenters. The first-order valence-corrected chi connectivity index (χ1v) is 45.0. The molecule has 128 heavy (non-hydrogen) atoms. The van der Waals surface area contributed by atoms with Gasteiger partial charge in [0.05, 0.1) is 45.1 Å². The molecule has 0 radical (unpaired) electrons. The molecule has 45 heteroatoms. The number of nitrogens with two attached hydrogens (primary N) is 7. The monoisotopic (exact) mass is 1830 g/mol. The van der Waals surface area contributed by atoms with Gasteiger partial charge in [-0.05, 0) is 169 Å². The molecule has 3 aliphatic heterocycles. The molecule has 2 fully saturated rings. The van der Waals surface area contributed by atoms with Crippen molar-refractivity contribution in [2.45, 2.75) is 181 Å². The topological polar surface area (TPSA) is 685 Å². The smallest absolute Gasteiger partial charge is 0.326 e. The molecule has 4 aromatic rings. The van der Waals surface area contributed by atoms with Crippen molar-refractivity contribution in [1.82, 2.24) is 68.4 Å². The Morgan fingerprint density at radius 1 is 0.578 bits per heavy atom. The number of primary amides is 1. The third-order valence-electron chi connectivity index (χ3n) is 22.1. The summed E-state index contributed by atoms with van der Waals surface area (Å²) in [5.41, 5.74) is 43.5. The van der Waals surface area contributed by atoms with Gasteiger partial charge in [-0.25, -0.2) is 0 Å². The minimum Gasteiger partial charge on any atom is -0.493 e. The maximum atomic E-state index is 14.9.